The average molecular weight is 438 g/mol. The molecule has 5 nitrogen and oxygen atoms in total. The number of piperazine rings is 1. The third kappa shape index (κ3) is 5.20. The number of amides is 1. The van der Waals surface area contributed by atoms with Crippen LogP contribution in [0.4, 0.5) is 14.6 Å². The minimum absolute atomic E-state index is 0. The van der Waals surface area contributed by atoms with Crippen molar-refractivity contribution in [1.82, 2.24) is 15.2 Å². The van der Waals surface area contributed by atoms with Crippen molar-refractivity contribution in [2.45, 2.75) is 18.4 Å². The standard InChI is InChI=1S/C14H16Cl2F2N4O.2ClH/c15-9-5-10(16)12(19-7-9)21-1-3-22(4-2-21)13(23)11-6-14(17,18)8-20-11;;/h5,7,11,20H,1-4,6,8H2;2*1H. The molecule has 1 atom stereocenters. The van der Waals surface area contributed by atoms with Crippen LogP contribution in [0.2, 0.25) is 10.0 Å². The normalized spacial score (nSPS) is 22.2. The molecule has 142 valence electrons. The van der Waals surface area contributed by atoms with Crippen LogP contribution < -0.4 is 10.2 Å². The van der Waals surface area contributed by atoms with E-state index in [4.69, 9.17) is 23.2 Å². The van der Waals surface area contributed by atoms with E-state index in [0.717, 1.165) is 0 Å². The minimum Gasteiger partial charge on any atom is -0.352 e. The Balaban J connectivity index is 0.00000156. The first-order valence-electron chi connectivity index (χ1n) is 7.32. The number of nitrogens with zero attached hydrogens (tertiary/aromatic N) is 3. The number of aromatic nitrogens is 1. The molecule has 3 heterocycles. The number of pyridine rings is 1. The van der Waals surface area contributed by atoms with E-state index >= 15 is 0 Å². The fourth-order valence-electron chi connectivity index (χ4n) is 2.89. The van der Waals surface area contributed by atoms with Gasteiger partial charge in [0.2, 0.25) is 5.91 Å². The number of rotatable bonds is 2. The van der Waals surface area contributed by atoms with Crippen molar-refractivity contribution >= 4 is 59.7 Å². The Morgan fingerprint density at radius 2 is 1.88 bits per heavy atom. The van der Waals surface area contributed by atoms with E-state index in [9.17, 15) is 13.6 Å². The van der Waals surface area contributed by atoms with Crippen molar-refractivity contribution in [2.75, 3.05) is 37.6 Å². The number of carbonyl (C=O) groups is 1. The van der Waals surface area contributed by atoms with Crippen molar-refractivity contribution in [1.29, 1.82) is 0 Å². The summed E-state index contributed by atoms with van der Waals surface area (Å²) < 4.78 is 26.4. The predicted octanol–water partition coefficient (Wildman–Crippen LogP) is 2.88. The summed E-state index contributed by atoms with van der Waals surface area (Å²) in [5.41, 5.74) is 0. The van der Waals surface area contributed by atoms with Crippen molar-refractivity contribution in [3.63, 3.8) is 0 Å². The van der Waals surface area contributed by atoms with Crippen LogP contribution in [-0.2, 0) is 4.79 Å². The van der Waals surface area contributed by atoms with Crippen LogP contribution in [-0.4, -0.2) is 60.5 Å². The van der Waals surface area contributed by atoms with Crippen LogP contribution in [0, 0.1) is 0 Å². The van der Waals surface area contributed by atoms with Gasteiger partial charge < -0.3 is 9.80 Å². The molecular formula is C14H18Cl4F2N4O. The van der Waals surface area contributed by atoms with E-state index in [1.54, 1.807) is 11.0 Å². The van der Waals surface area contributed by atoms with Crippen molar-refractivity contribution in [3.05, 3.63) is 22.3 Å². The summed E-state index contributed by atoms with van der Waals surface area (Å²) in [4.78, 5) is 20.1. The van der Waals surface area contributed by atoms with E-state index in [1.165, 1.54) is 6.20 Å². The lowest BCUT2D eigenvalue weighted by molar-refractivity contribution is -0.134. The van der Waals surface area contributed by atoms with Gasteiger partial charge in [-0.3, -0.25) is 10.1 Å². The summed E-state index contributed by atoms with van der Waals surface area (Å²) in [6, 6.07) is 0.821. The van der Waals surface area contributed by atoms with Crippen molar-refractivity contribution in [2.24, 2.45) is 0 Å². The van der Waals surface area contributed by atoms with E-state index in [2.05, 4.69) is 10.3 Å². The van der Waals surface area contributed by atoms with Crippen LogP contribution in [0.1, 0.15) is 6.42 Å². The van der Waals surface area contributed by atoms with Crippen molar-refractivity contribution in [3.8, 4) is 0 Å². The van der Waals surface area contributed by atoms with Crippen LogP contribution in [0.15, 0.2) is 12.3 Å². The fourth-order valence-corrected chi connectivity index (χ4v) is 3.39. The summed E-state index contributed by atoms with van der Waals surface area (Å²) in [5.74, 6) is -2.45. The number of alkyl halides is 2. The highest BCUT2D eigenvalue weighted by Gasteiger charge is 2.43. The number of carbonyl (C=O) groups excluding carboxylic acids is 1. The van der Waals surface area contributed by atoms with Gasteiger partial charge in [0.25, 0.3) is 5.92 Å². The second-order valence-corrected chi connectivity index (χ2v) is 6.61. The first-order chi connectivity index (χ1) is 10.9. The summed E-state index contributed by atoms with van der Waals surface area (Å²) in [5, 5.41) is 3.51. The molecule has 0 saturated carbocycles. The lowest BCUT2D eigenvalue weighted by Gasteiger charge is -2.36. The number of nitrogens with one attached hydrogen (secondary N) is 1. The average Bonchev–Trinajstić information content (AvgIpc) is 2.87. The topological polar surface area (TPSA) is 48.5 Å². The van der Waals surface area contributed by atoms with Gasteiger partial charge in [0.1, 0.15) is 5.82 Å². The van der Waals surface area contributed by atoms with Gasteiger partial charge in [-0.15, -0.1) is 24.8 Å². The first kappa shape index (κ1) is 22.4. The maximum atomic E-state index is 13.2. The van der Waals surface area contributed by atoms with Gasteiger partial charge in [-0.25, -0.2) is 13.8 Å². The SMILES string of the molecule is Cl.Cl.O=C(C1CC(F)(F)CN1)N1CCN(c2ncc(Cl)cc2Cl)CC1. The molecule has 1 N–H and O–H groups in total. The molecule has 11 heteroatoms. The zero-order chi connectivity index (χ0) is 16.6. The molecule has 2 aliphatic heterocycles. The Morgan fingerprint density at radius 3 is 2.40 bits per heavy atom. The molecule has 1 amide bonds. The molecule has 25 heavy (non-hydrogen) atoms. The van der Waals surface area contributed by atoms with Gasteiger partial charge in [0, 0.05) is 38.8 Å². The summed E-state index contributed by atoms with van der Waals surface area (Å²) in [7, 11) is 0. The number of hydrogen-bond acceptors (Lipinski definition) is 4. The molecule has 0 aliphatic carbocycles. The summed E-state index contributed by atoms with van der Waals surface area (Å²) in [6.07, 6.45) is 1.08. The van der Waals surface area contributed by atoms with E-state index < -0.39 is 24.9 Å². The molecule has 1 aromatic rings. The molecule has 2 saturated heterocycles. The quantitative estimate of drug-likeness (QED) is 0.772. The fraction of sp³-hybridized carbons (Fsp3) is 0.571. The molecule has 2 fully saturated rings. The highest BCUT2D eigenvalue weighted by Crippen LogP contribution is 2.28. The molecule has 2 aliphatic rings. The molecule has 1 unspecified atom stereocenters. The van der Waals surface area contributed by atoms with Crippen LogP contribution in [0.3, 0.4) is 0 Å². The van der Waals surface area contributed by atoms with Gasteiger partial charge in [0.15, 0.2) is 0 Å². The lowest BCUT2D eigenvalue weighted by atomic mass is 10.1. The summed E-state index contributed by atoms with van der Waals surface area (Å²) in [6.45, 7) is 1.55. The third-order valence-electron chi connectivity index (χ3n) is 4.09. The molecule has 0 bridgehead atoms. The lowest BCUT2D eigenvalue weighted by Crippen LogP contribution is -2.53. The molecule has 0 spiro atoms. The largest absolute Gasteiger partial charge is 0.352 e. The van der Waals surface area contributed by atoms with Gasteiger partial charge in [-0.2, -0.15) is 0 Å². The number of anilines is 1. The highest BCUT2D eigenvalue weighted by molar-refractivity contribution is 6.36. The molecule has 0 aromatic carbocycles. The smallest absolute Gasteiger partial charge is 0.262 e. The Morgan fingerprint density at radius 1 is 1.24 bits per heavy atom. The third-order valence-corrected chi connectivity index (χ3v) is 4.57. The highest BCUT2D eigenvalue weighted by atomic mass is 35.5. The molecule has 0 radical (unpaired) electrons. The zero-order valence-electron chi connectivity index (χ0n) is 13.1. The second kappa shape index (κ2) is 8.86. The van der Waals surface area contributed by atoms with Gasteiger partial charge >= 0.3 is 0 Å². The minimum atomic E-state index is -2.80. The zero-order valence-corrected chi connectivity index (χ0v) is 16.2. The Bertz CT molecular complexity index is 614. The van der Waals surface area contributed by atoms with Crippen LogP contribution in [0.5, 0.6) is 0 Å². The van der Waals surface area contributed by atoms with E-state index in [1.807, 2.05) is 4.90 Å². The maximum absolute atomic E-state index is 13.2. The van der Waals surface area contributed by atoms with Crippen LogP contribution >= 0.6 is 48.0 Å². The first-order valence-corrected chi connectivity index (χ1v) is 8.07. The number of halogens is 6. The Kier molecular flexibility index (Phi) is 7.95. The maximum Gasteiger partial charge on any atom is 0.262 e. The second-order valence-electron chi connectivity index (χ2n) is 5.76. The monoisotopic (exact) mass is 436 g/mol. The van der Waals surface area contributed by atoms with E-state index in [-0.39, 0.29) is 30.7 Å². The Labute approximate surface area is 166 Å². The predicted molar refractivity (Wildman–Crippen MR) is 98.9 cm³/mol. The number of hydrogen-bond donors (Lipinski definition) is 1. The van der Waals surface area contributed by atoms with Gasteiger partial charge in [0.05, 0.1) is 22.6 Å². The molecule has 3 rings (SSSR count). The molecular weight excluding hydrogens is 420 g/mol. The summed E-state index contributed by atoms with van der Waals surface area (Å²) >= 11 is 12.0. The molecule has 1 aromatic heterocycles. The van der Waals surface area contributed by atoms with Crippen LogP contribution in [0.25, 0.3) is 0 Å². The van der Waals surface area contributed by atoms with E-state index in [0.29, 0.717) is 42.0 Å². The van der Waals surface area contributed by atoms with Gasteiger partial charge in [-0.1, -0.05) is 23.2 Å². The van der Waals surface area contributed by atoms with Gasteiger partial charge in [-0.05, 0) is 6.07 Å². The Hall–Kier alpha value is -0.600. The van der Waals surface area contributed by atoms with Crippen molar-refractivity contribution < 1.29 is 13.6 Å².